The van der Waals surface area contributed by atoms with Crippen molar-refractivity contribution in [2.24, 2.45) is 0 Å². The first-order chi connectivity index (χ1) is 17.0. The Bertz CT molecular complexity index is 1000. The summed E-state index contributed by atoms with van der Waals surface area (Å²) in [5, 5.41) is 6.50. The summed E-state index contributed by atoms with van der Waals surface area (Å²) in [6.07, 6.45) is 9.53. The molecule has 0 bridgehead atoms. The van der Waals surface area contributed by atoms with E-state index in [1.807, 2.05) is 12.1 Å². The lowest BCUT2D eigenvalue weighted by molar-refractivity contribution is -0.144. The van der Waals surface area contributed by atoms with Crippen molar-refractivity contribution in [1.82, 2.24) is 15.2 Å². The molecule has 7 nitrogen and oxygen atoms in total. The molecule has 1 atom stereocenters. The van der Waals surface area contributed by atoms with Crippen molar-refractivity contribution in [2.45, 2.75) is 82.3 Å². The Kier molecular flexibility index (Phi) is 8.74. The van der Waals surface area contributed by atoms with Crippen LogP contribution < -0.4 is 10.6 Å². The normalized spacial score (nSPS) is 17.2. The number of rotatable bonds is 9. The molecular formula is C27H33ClN4O3. The Morgan fingerprint density at radius 3 is 2.29 bits per heavy atom. The maximum absolute atomic E-state index is 13.6. The Labute approximate surface area is 211 Å². The van der Waals surface area contributed by atoms with Crippen molar-refractivity contribution in [3.63, 3.8) is 0 Å². The summed E-state index contributed by atoms with van der Waals surface area (Å²) in [4.78, 5) is 45.6. The van der Waals surface area contributed by atoms with Gasteiger partial charge in [0.25, 0.3) is 0 Å². The van der Waals surface area contributed by atoms with Gasteiger partial charge in [0.2, 0.25) is 17.7 Å². The van der Waals surface area contributed by atoms with Gasteiger partial charge in [-0.15, -0.1) is 0 Å². The van der Waals surface area contributed by atoms with Crippen LogP contribution in [-0.4, -0.2) is 39.7 Å². The van der Waals surface area contributed by atoms with Crippen LogP contribution in [0, 0.1) is 0 Å². The highest BCUT2D eigenvalue weighted by Gasteiger charge is 2.38. The molecule has 1 heterocycles. The molecule has 35 heavy (non-hydrogen) atoms. The minimum atomic E-state index is -0.748. The van der Waals surface area contributed by atoms with Gasteiger partial charge in [0, 0.05) is 36.1 Å². The number of benzene rings is 1. The van der Waals surface area contributed by atoms with Crippen LogP contribution in [0.3, 0.4) is 0 Å². The smallest absolute Gasteiger partial charge is 0.247 e. The zero-order valence-corrected chi connectivity index (χ0v) is 20.7. The van der Waals surface area contributed by atoms with Crippen LogP contribution in [0.4, 0.5) is 5.82 Å². The van der Waals surface area contributed by atoms with E-state index in [9.17, 15) is 14.4 Å². The molecule has 0 saturated heterocycles. The van der Waals surface area contributed by atoms with Crippen molar-refractivity contribution in [2.75, 3.05) is 5.32 Å². The molecule has 2 fully saturated rings. The number of nitrogens with one attached hydrogen (secondary N) is 2. The molecule has 0 spiro atoms. The van der Waals surface area contributed by atoms with E-state index in [1.54, 1.807) is 41.4 Å². The average molecular weight is 497 g/mol. The van der Waals surface area contributed by atoms with Crippen molar-refractivity contribution in [1.29, 1.82) is 0 Å². The number of halogens is 1. The fraction of sp³-hybridized carbons (Fsp3) is 0.481. The Morgan fingerprint density at radius 2 is 1.63 bits per heavy atom. The van der Waals surface area contributed by atoms with Crippen LogP contribution in [0.15, 0.2) is 48.7 Å². The Morgan fingerprint density at radius 1 is 0.943 bits per heavy atom. The highest BCUT2D eigenvalue weighted by atomic mass is 35.5. The van der Waals surface area contributed by atoms with Gasteiger partial charge in [-0.1, -0.05) is 55.5 Å². The quantitative estimate of drug-likeness (QED) is 0.509. The molecule has 2 aliphatic rings. The van der Waals surface area contributed by atoms with E-state index in [-0.39, 0.29) is 42.6 Å². The van der Waals surface area contributed by atoms with Crippen molar-refractivity contribution in [3.05, 3.63) is 59.2 Å². The number of hydrogen-bond acceptors (Lipinski definition) is 4. The van der Waals surface area contributed by atoms with Gasteiger partial charge < -0.3 is 15.5 Å². The monoisotopic (exact) mass is 496 g/mol. The lowest BCUT2D eigenvalue weighted by Gasteiger charge is -2.37. The summed E-state index contributed by atoms with van der Waals surface area (Å²) in [5.41, 5.74) is 0.739. The number of anilines is 1. The van der Waals surface area contributed by atoms with Crippen LogP contribution in [0.25, 0.3) is 0 Å². The maximum atomic E-state index is 13.6. The van der Waals surface area contributed by atoms with Crippen molar-refractivity contribution in [3.8, 4) is 0 Å². The number of hydrogen-bond donors (Lipinski definition) is 2. The predicted molar refractivity (Wildman–Crippen MR) is 136 cm³/mol. The fourth-order valence-corrected chi connectivity index (χ4v) is 5.29. The minimum Gasteiger partial charge on any atom is -0.351 e. The number of carbonyl (C=O) groups is 3. The highest BCUT2D eigenvalue weighted by molar-refractivity contribution is 6.30. The number of aromatic nitrogens is 1. The van der Waals surface area contributed by atoms with Crippen LogP contribution in [0.2, 0.25) is 5.02 Å². The molecule has 1 aromatic carbocycles. The number of carbonyl (C=O) groups excluding carboxylic acids is 3. The summed E-state index contributed by atoms with van der Waals surface area (Å²) in [6, 6.07) is 11.8. The molecule has 186 valence electrons. The molecule has 1 unspecified atom stereocenters. The second kappa shape index (κ2) is 12.2. The van der Waals surface area contributed by atoms with E-state index < -0.39 is 6.04 Å². The maximum Gasteiger partial charge on any atom is 0.247 e. The van der Waals surface area contributed by atoms with E-state index in [0.29, 0.717) is 10.8 Å². The number of amides is 3. The van der Waals surface area contributed by atoms with Crippen LogP contribution in [0.1, 0.15) is 75.8 Å². The molecule has 0 aliphatic heterocycles. The van der Waals surface area contributed by atoms with Crippen molar-refractivity contribution < 1.29 is 14.4 Å². The predicted octanol–water partition coefficient (Wildman–Crippen LogP) is 5.03. The second-order valence-corrected chi connectivity index (χ2v) is 9.88. The molecule has 2 aromatic rings. The fourth-order valence-electron chi connectivity index (χ4n) is 5.17. The Balaban J connectivity index is 1.53. The van der Waals surface area contributed by atoms with Gasteiger partial charge in [-0.25, -0.2) is 4.98 Å². The van der Waals surface area contributed by atoms with Gasteiger partial charge in [0.15, 0.2) is 0 Å². The first kappa shape index (κ1) is 25.2. The zero-order valence-electron chi connectivity index (χ0n) is 19.9. The van der Waals surface area contributed by atoms with Crippen LogP contribution in [-0.2, 0) is 14.4 Å². The molecule has 0 radical (unpaired) electrons. The van der Waals surface area contributed by atoms with E-state index >= 15 is 0 Å². The molecule has 4 rings (SSSR count). The van der Waals surface area contributed by atoms with Crippen molar-refractivity contribution >= 4 is 35.1 Å². The first-order valence-electron chi connectivity index (χ1n) is 12.6. The second-order valence-electron chi connectivity index (χ2n) is 9.45. The topological polar surface area (TPSA) is 91.4 Å². The van der Waals surface area contributed by atoms with Gasteiger partial charge >= 0.3 is 0 Å². The van der Waals surface area contributed by atoms with Gasteiger partial charge in [0.1, 0.15) is 11.9 Å². The minimum absolute atomic E-state index is 0.0238. The number of nitrogens with zero attached hydrogens (tertiary/aromatic N) is 2. The third-order valence-corrected chi connectivity index (χ3v) is 7.17. The van der Waals surface area contributed by atoms with E-state index in [0.717, 1.165) is 56.9 Å². The van der Waals surface area contributed by atoms with Crippen LogP contribution in [0.5, 0.6) is 0 Å². The van der Waals surface area contributed by atoms with E-state index in [4.69, 9.17) is 11.6 Å². The van der Waals surface area contributed by atoms with E-state index in [1.165, 1.54) is 0 Å². The lowest BCUT2D eigenvalue weighted by Crippen LogP contribution is -2.49. The molecule has 2 saturated carbocycles. The molecule has 2 aliphatic carbocycles. The zero-order chi connectivity index (χ0) is 24.6. The highest BCUT2D eigenvalue weighted by Crippen LogP contribution is 2.33. The molecule has 3 amide bonds. The Hall–Kier alpha value is -2.93. The third-order valence-electron chi connectivity index (χ3n) is 6.92. The number of pyridine rings is 1. The largest absolute Gasteiger partial charge is 0.351 e. The van der Waals surface area contributed by atoms with E-state index in [2.05, 4.69) is 15.6 Å². The van der Waals surface area contributed by atoms with Gasteiger partial charge in [-0.2, -0.15) is 0 Å². The molecular weight excluding hydrogens is 464 g/mol. The SMILES string of the molecule is O=C(CCC(=O)N(C1CCCC1)C(C(=O)NC1CCCC1)c1ccc(Cl)cc1)Nc1ccccn1. The van der Waals surface area contributed by atoms with Gasteiger partial charge in [-0.3, -0.25) is 14.4 Å². The lowest BCUT2D eigenvalue weighted by atomic mass is 9.99. The molecule has 8 heteroatoms. The summed E-state index contributed by atoms with van der Waals surface area (Å²) < 4.78 is 0. The standard InChI is InChI=1S/C27H33ClN4O3/c28-20-14-12-19(13-15-20)26(27(35)30-21-7-1-2-8-21)32(22-9-3-4-10-22)25(34)17-16-24(33)31-23-11-5-6-18-29-23/h5-6,11-15,18,21-22,26H,1-4,7-10,16-17H2,(H,30,35)(H,29,31,33). The summed E-state index contributed by atoms with van der Waals surface area (Å²) in [5.74, 6) is -0.165. The molecule has 2 N–H and O–H groups in total. The average Bonchev–Trinajstić information content (AvgIpc) is 3.57. The van der Waals surface area contributed by atoms with Crippen LogP contribution >= 0.6 is 11.6 Å². The third kappa shape index (κ3) is 6.82. The first-order valence-corrected chi connectivity index (χ1v) is 13.0. The van der Waals surface area contributed by atoms with Gasteiger partial charge in [0.05, 0.1) is 0 Å². The van der Waals surface area contributed by atoms with Gasteiger partial charge in [-0.05, 0) is 55.5 Å². The summed E-state index contributed by atoms with van der Waals surface area (Å²) in [7, 11) is 0. The molecule has 1 aromatic heterocycles. The summed E-state index contributed by atoms with van der Waals surface area (Å²) in [6.45, 7) is 0. The summed E-state index contributed by atoms with van der Waals surface area (Å²) >= 11 is 6.12.